The summed E-state index contributed by atoms with van der Waals surface area (Å²) < 4.78 is 9.55. The van der Waals surface area contributed by atoms with Gasteiger partial charge in [-0.1, -0.05) is 0 Å². The fraction of sp³-hybridized carbons (Fsp3) is 0.333. The number of primary amides is 1. The van der Waals surface area contributed by atoms with Crippen LogP contribution in [0.4, 0.5) is 4.79 Å². The predicted octanol–water partition coefficient (Wildman–Crippen LogP) is 0.379. The Bertz CT molecular complexity index is 387. The quantitative estimate of drug-likeness (QED) is 0.440. The van der Waals surface area contributed by atoms with Crippen LogP contribution in [-0.2, 0) is 11.2 Å². The Hall–Kier alpha value is -2.02. The molecule has 0 aromatic carbocycles. The van der Waals surface area contributed by atoms with Crippen LogP contribution in [-0.4, -0.2) is 35.9 Å². The number of carbonyl (C=O) groups is 2. The fourth-order valence-electron chi connectivity index (χ4n) is 1.05. The Morgan fingerprint density at radius 2 is 2.25 bits per heavy atom. The minimum absolute atomic E-state index is 0.0105. The summed E-state index contributed by atoms with van der Waals surface area (Å²) in [5.74, 6) is -0.0660. The van der Waals surface area contributed by atoms with E-state index in [4.69, 9.17) is 15.4 Å². The number of hydroxylamine groups is 2. The van der Waals surface area contributed by atoms with Crippen molar-refractivity contribution in [3.8, 4) is 0 Å². The number of amides is 2. The van der Waals surface area contributed by atoms with E-state index in [1.54, 1.807) is 6.07 Å². The third-order valence-corrected chi connectivity index (χ3v) is 1.87. The van der Waals surface area contributed by atoms with E-state index in [9.17, 15) is 9.59 Å². The monoisotopic (exact) mass is 228 g/mol. The van der Waals surface area contributed by atoms with Gasteiger partial charge in [0.05, 0.1) is 13.7 Å². The number of methoxy groups -OCH3 is 1. The van der Waals surface area contributed by atoms with Crippen molar-refractivity contribution in [2.24, 2.45) is 5.73 Å². The van der Waals surface area contributed by atoms with E-state index < -0.39 is 12.0 Å². The van der Waals surface area contributed by atoms with Crippen LogP contribution >= 0.6 is 0 Å². The summed E-state index contributed by atoms with van der Waals surface area (Å²) in [6.07, 6.45) is 0.246. The Labute approximate surface area is 91.3 Å². The van der Waals surface area contributed by atoms with Crippen LogP contribution in [0.1, 0.15) is 16.3 Å². The van der Waals surface area contributed by atoms with E-state index in [-0.39, 0.29) is 18.7 Å². The number of urea groups is 1. The Morgan fingerprint density at radius 3 is 2.81 bits per heavy atom. The summed E-state index contributed by atoms with van der Waals surface area (Å²) in [7, 11) is 1.24. The molecule has 0 saturated heterocycles. The van der Waals surface area contributed by atoms with Crippen molar-refractivity contribution in [1.82, 2.24) is 5.06 Å². The zero-order valence-corrected chi connectivity index (χ0v) is 8.67. The highest BCUT2D eigenvalue weighted by molar-refractivity contribution is 5.86. The maximum Gasteiger partial charge on any atom is 0.373 e. The van der Waals surface area contributed by atoms with Gasteiger partial charge in [0, 0.05) is 6.42 Å². The number of rotatable bonds is 4. The molecular formula is C9H12N2O5. The Balaban J connectivity index is 2.53. The fourth-order valence-corrected chi connectivity index (χ4v) is 1.05. The lowest BCUT2D eigenvalue weighted by molar-refractivity contribution is -0.0390. The predicted molar refractivity (Wildman–Crippen MR) is 51.8 cm³/mol. The standard InChI is InChI=1S/C9H12N2O5/c1-15-8(12)7-3-2-6(16-7)4-5-11(14)9(10)13/h2-3,14H,4-5H2,1H3,(H2,10,13). The third kappa shape index (κ3) is 2.99. The van der Waals surface area contributed by atoms with Crippen molar-refractivity contribution >= 4 is 12.0 Å². The third-order valence-electron chi connectivity index (χ3n) is 1.87. The van der Waals surface area contributed by atoms with Gasteiger partial charge in [-0.15, -0.1) is 0 Å². The van der Waals surface area contributed by atoms with E-state index in [2.05, 4.69) is 4.74 Å². The molecule has 3 N–H and O–H groups in total. The van der Waals surface area contributed by atoms with E-state index >= 15 is 0 Å². The van der Waals surface area contributed by atoms with Crippen molar-refractivity contribution in [2.75, 3.05) is 13.7 Å². The highest BCUT2D eigenvalue weighted by Crippen LogP contribution is 2.09. The molecule has 0 aliphatic carbocycles. The summed E-state index contributed by atoms with van der Waals surface area (Å²) in [4.78, 5) is 21.5. The number of nitrogens with two attached hydrogens (primary N) is 1. The SMILES string of the molecule is COC(=O)c1ccc(CCN(O)C(N)=O)o1. The molecule has 7 heteroatoms. The lowest BCUT2D eigenvalue weighted by Gasteiger charge is -2.09. The Kier molecular flexibility index (Phi) is 3.90. The molecule has 1 heterocycles. The largest absolute Gasteiger partial charge is 0.463 e. The summed E-state index contributed by atoms with van der Waals surface area (Å²) in [6.45, 7) is -0.0105. The minimum Gasteiger partial charge on any atom is -0.463 e. The summed E-state index contributed by atoms with van der Waals surface area (Å²) in [5, 5.41) is 9.34. The first-order valence-electron chi connectivity index (χ1n) is 4.47. The lowest BCUT2D eigenvalue weighted by Crippen LogP contribution is -2.34. The molecule has 0 aliphatic rings. The van der Waals surface area contributed by atoms with E-state index in [1.807, 2.05) is 0 Å². The summed E-state index contributed by atoms with van der Waals surface area (Å²) >= 11 is 0. The molecule has 2 amide bonds. The van der Waals surface area contributed by atoms with E-state index in [0.717, 1.165) is 0 Å². The molecule has 88 valence electrons. The van der Waals surface area contributed by atoms with Gasteiger partial charge in [0.1, 0.15) is 5.76 Å². The van der Waals surface area contributed by atoms with Crippen molar-refractivity contribution in [1.29, 1.82) is 0 Å². The van der Waals surface area contributed by atoms with Gasteiger partial charge in [0.15, 0.2) is 0 Å². The van der Waals surface area contributed by atoms with Crippen LogP contribution in [0.3, 0.4) is 0 Å². The number of furan rings is 1. The van der Waals surface area contributed by atoms with Crippen LogP contribution in [0.2, 0.25) is 0 Å². The van der Waals surface area contributed by atoms with Crippen LogP contribution in [0.5, 0.6) is 0 Å². The van der Waals surface area contributed by atoms with Crippen molar-refractivity contribution in [3.63, 3.8) is 0 Å². The number of ether oxygens (including phenoxy) is 1. The first kappa shape index (κ1) is 12.1. The summed E-state index contributed by atoms with van der Waals surface area (Å²) in [6, 6.07) is 2.06. The number of hydrogen-bond acceptors (Lipinski definition) is 5. The summed E-state index contributed by atoms with van der Waals surface area (Å²) in [5.41, 5.74) is 4.81. The highest BCUT2D eigenvalue weighted by Gasteiger charge is 2.12. The molecule has 16 heavy (non-hydrogen) atoms. The first-order valence-corrected chi connectivity index (χ1v) is 4.47. The average Bonchev–Trinajstić information content (AvgIpc) is 2.73. The normalized spacial score (nSPS) is 9.88. The van der Waals surface area contributed by atoms with Crippen LogP contribution in [0, 0.1) is 0 Å². The molecule has 0 radical (unpaired) electrons. The maximum atomic E-state index is 11.0. The number of esters is 1. The second-order valence-corrected chi connectivity index (χ2v) is 2.97. The first-order chi connectivity index (χ1) is 7.54. The van der Waals surface area contributed by atoms with E-state index in [1.165, 1.54) is 13.2 Å². The van der Waals surface area contributed by atoms with Gasteiger partial charge in [-0.2, -0.15) is 0 Å². The molecule has 0 fully saturated rings. The van der Waals surface area contributed by atoms with Gasteiger partial charge in [0.25, 0.3) is 0 Å². The molecular weight excluding hydrogens is 216 g/mol. The Morgan fingerprint density at radius 1 is 1.56 bits per heavy atom. The molecule has 0 bridgehead atoms. The molecule has 0 spiro atoms. The average molecular weight is 228 g/mol. The second-order valence-electron chi connectivity index (χ2n) is 2.97. The zero-order valence-electron chi connectivity index (χ0n) is 8.67. The van der Waals surface area contributed by atoms with Crippen molar-refractivity contribution in [2.45, 2.75) is 6.42 Å². The van der Waals surface area contributed by atoms with Crippen molar-refractivity contribution in [3.05, 3.63) is 23.7 Å². The van der Waals surface area contributed by atoms with Gasteiger partial charge in [0.2, 0.25) is 5.76 Å². The van der Waals surface area contributed by atoms with Crippen molar-refractivity contribution < 1.29 is 24.0 Å². The molecule has 1 aromatic heterocycles. The number of hydrogen-bond donors (Lipinski definition) is 2. The van der Waals surface area contributed by atoms with E-state index in [0.29, 0.717) is 10.8 Å². The molecule has 7 nitrogen and oxygen atoms in total. The lowest BCUT2D eigenvalue weighted by atomic mass is 10.3. The number of nitrogens with zero attached hydrogens (tertiary/aromatic N) is 1. The topological polar surface area (TPSA) is 106 Å². The van der Waals surface area contributed by atoms with Crippen LogP contribution in [0.25, 0.3) is 0 Å². The molecule has 1 aromatic rings. The molecule has 1 rings (SSSR count). The van der Waals surface area contributed by atoms with Crippen LogP contribution in [0.15, 0.2) is 16.5 Å². The molecule has 0 aliphatic heterocycles. The van der Waals surface area contributed by atoms with Crippen LogP contribution < -0.4 is 5.73 Å². The molecule has 0 saturated carbocycles. The zero-order chi connectivity index (χ0) is 12.1. The van der Waals surface area contributed by atoms with Gasteiger partial charge < -0.3 is 14.9 Å². The minimum atomic E-state index is -0.945. The van der Waals surface area contributed by atoms with Gasteiger partial charge in [-0.05, 0) is 12.1 Å². The molecule has 0 atom stereocenters. The smallest absolute Gasteiger partial charge is 0.373 e. The highest BCUT2D eigenvalue weighted by atomic mass is 16.5. The number of carbonyl (C=O) groups excluding carboxylic acids is 2. The van der Waals surface area contributed by atoms with Gasteiger partial charge >= 0.3 is 12.0 Å². The molecule has 0 unspecified atom stereocenters. The van der Waals surface area contributed by atoms with Gasteiger partial charge in [-0.25, -0.2) is 14.7 Å². The maximum absolute atomic E-state index is 11.0. The second kappa shape index (κ2) is 5.17. The van der Waals surface area contributed by atoms with Gasteiger partial charge in [-0.3, -0.25) is 5.21 Å².